The molecule has 23 heavy (non-hydrogen) atoms. The smallest absolute Gasteiger partial charge is 0.410 e. The molecule has 5 heteroatoms. The SMILES string of the molecule is CSCCCCNC(C)CC1CCCCN1C(=O)OC(C)(C)C. The number of likely N-dealkylation sites (tertiary alicyclic amines) is 1. The molecule has 2 atom stereocenters. The molecule has 1 rings (SSSR count). The van der Waals surface area contributed by atoms with Crippen molar-refractivity contribution in [3.8, 4) is 0 Å². The van der Waals surface area contributed by atoms with Crippen molar-refractivity contribution in [2.24, 2.45) is 0 Å². The van der Waals surface area contributed by atoms with Gasteiger partial charge in [0.25, 0.3) is 0 Å². The van der Waals surface area contributed by atoms with Gasteiger partial charge in [-0.15, -0.1) is 0 Å². The fraction of sp³-hybridized carbons (Fsp3) is 0.944. The van der Waals surface area contributed by atoms with E-state index < -0.39 is 5.60 Å². The summed E-state index contributed by atoms with van der Waals surface area (Å²) < 4.78 is 5.58. The first kappa shape index (κ1) is 20.6. The molecule has 4 nitrogen and oxygen atoms in total. The van der Waals surface area contributed by atoms with Gasteiger partial charge in [0, 0.05) is 18.6 Å². The zero-order valence-electron chi connectivity index (χ0n) is 15.7. The monoisotopic (exact) mass is 344 g/mol. The highest BCUT2D eigenvalue weighted by Crippen LogP contribution is 2.23. The van der Waals surface area contributed by atoms with Gasteiger partial charge >= 0.3 is 6.09 Å². The van der Waals surface area contributed by atoms with Crippen molar-refractivity contribution >= 4 is 17.9 Å². The van der Waals surface area contributed by atoms with E-state index in [2.05, 4.69) is 18.5 Å². The van der Waals surface area contributed by atoms with Crippen LogP contribution in [0.1, 0.15) is 66.2 Å². The number of hydrogen-bond acceptors (Lipinski definition) is 4. The number of rotatable bonds is 8. The van der Waals surface area contributed by atoms with Crippen molar-refractivity contribution in [3.63, 3.8) is 0 Å². The van der Waals surface area contributed by atoms with E-state index >= 15 is 0 Å². The third kappa shape index (κ3) is 8.85. The van der Waals surface area contributed by atoms with Gasteiger partial charge in [-0.25, -0.2) is 4.79 Å². The van der Waals surface area contributed by atoms with E-state index in [1.54, 1.807) is 0 Å². The molecule has 1 fully saturated rings. The fourth-order valence-electron chi connectivity index (χ4n) is 3.02. The predicted molar refractivity (Wildman–Crippen MR) is 100 cm³/mol. The van der Waals surface area contributed by atoms with Gasteiger partial charge in [0.15, 0.2) is 0 Å². The van der Waals surface area contributed by atoms with Gasteiger partial charge in [-0.3, -0.25) is 0 Å². The Balaban J connectivity index is 2.40. The van der Waals surface area contributed by atoms with E-state index in [9.17, 15) is 4.79 Å². The summed E-state index contributed by atoms with van der Waals surface area (Å²) in [6, 6.07) is 0.754. The third-order valence-corrected chi connectivity index (χ3v) is 4.85. The third-order valence-electron chi connectivity index (χ3n) is 4.15. The lowest BCUT2D eigenvalue weighted by Gasteiger charge is -2.38. The number of thioether (sulfide) groups is 1. The lowest BCUT2D eigenvalue weighted by atomic mass is 9.96. The van der Waals surface area contributed by atoms with Gasteiger partial charge in [-0.2, -0.15) is 11.8 Å². The number of nitrogens with one attached hydrogen (secondary N) is 1. The highest BCUT2D eigenvalue weighted by atomic mass is 32.2. The van der Waals surface area contributed by atoms with Gasteiger partial charge in [-0.05, 0) is 84.8 Å². The van der Waals surface area contributed by atoms with Crippen molar-refractivity contribution < 1.29 is 9.53 Å². The molecule has 0 radical (unpaired) electrons. The van der Waals surface area contributed by atoms with Crippen LogP contribution in [0, 0.1) is 0 Å². The molecule has 0 spiro atoms. The molecule has 1 aliphatic heterocycles. The van der Waals surface area contributed by atoms with Crippen LogP contribution in [0.3, 0.4) is 0 Å². The van der Waals surface area contributed by atoms with Crippen molar-refractivity contribution in [1.29, 1.82) is 0 Å². The highest BCUT2D eigenvalue weighted by molar-refractivity contribution is 7.98. The average Bonchev–Trinajstić information content (AvgIpc) is 2.45. The molecule has 2 unspecified atom stereocenters. The number of unbranched alkanes of at least 4 members (excludes halogenated alkanes) is 1. The Morgan fingerprint density at radius 2 is 2.09 bits per heavy atom. The summed E-state index contributed by atoms with van der Waals surface area (Å²) in [6.07, 6.45) is 8.93. The minimum Gasteiger partial charge on any atom is -0.444 e. The lowest BCUT2D eigenvalue weighted by Crippen LogP contribution is -2.48. The largest absolute Gasteiger partial charge is 0.444 e. The first-order chi connectivity index (χ1) is 10.8. The van der Waals surface area contributed by atoms with E-state index in [4.69, 9.17) is 4.74 Å². The Labute approximate surface area is 147 Å². The summed E-state index contributed by atoms with van der Waals surface area (Å²) in [5, 5.41) is 3.61. The maximum Gasteiger partial charge on any atom is 0.410 e. The zero-order chi connectivity index (χ0) is 17.3. The van der Waals surface area contributed by atoms with E-state index in [0.29, 0.717) is 12.1 Å². The minimum atomic E-state index is -0.416. The Morgan fingerprint density at radius 3 is 2.74 bits per heavy atom. The molecular formula is C18H36N2O2S. The van der Waals surface area contributed by atoms with E-state index in [1.807, 2.05) is 37.4 Å². The van der Waals surface area contributed by atoms with Crippen LogP contribution in [0.2, 0.25) is 0 Å². The van der Waals surface area contributed by atoms with Crippen molar-refractivity contribution in [2.45, 2.75) is 83.9 Å². The summed E-state index contributed by atoms with van der Waals surface area (Å²) in [5.74, 6) is 1.24. The van der Waals surface area contributed by atoms with Crippen LogP contribution in [0.15, 0.2) is 0 Å². The number of carbonyl (C=O) groups is 1. The first-order valence-corrected chi connectivity index (χ1v) is 10.4. The van der Waals surface area contributed by atoms with Crippen LogP contribution in [0.5, 0.6) is 0 Å². The summed E-state index contributed by atoms with van der Waals surface area (Å²) in [5.41, 5.74) is -0.416. The Kier molecular flexibility index (Phi) is 9.37. The summed E-state index contributed by atoms with van der Waals surface area (Å²) in [6.45, 7) is 9.94. The molecular weight excluding hydrogens is 308 g/mol. The number of nitrogens with zero attached hydrogens (tertiary/aromatic N) is 1. The second kappa shape index (κ2) is 10.4. The summed E-state index contributed by atoms with van der Waals surface area (Å²) in [7, 11) is 0. The van der Waals surface area contributed by atoms with Crippen LogP contribution >= 0.6 is 11.8 Å². The zero-order valence-corrected chi connectivity index (χ0v) is 16.5. The number of ether oxygens (including phenoxy) is 1. The van der Waals surface area contributed by atoms with Crippen LogP contribution in [-0.4, -0.2) is 53.8 Å². The van der Waals surface area contributed by atoms with Crippen LogP contribution in [0.4, 0.5) is 4.79 Å². The molecule has 0 bridgehead atoms. The van der Waals surface area contributed by atoms with Crippen molar-refractivity contribution in [2.75, 3.05) is 25.1 Å². The molecule has 1 saturated heterocycles. The Morgan fingerprint density at radius 1 is 1.35 bits per heavy atom. The van der Waals surface area contributed by atoms with Gasteiger partial charge < -0.3 is 15.0 Å². The summed E-state index contributed by atoms with van der Waals surface area (Å²) in [4.78, 5) is 14.4. The molecule has 1 heterocycles. The molecule has 0 aromatic heterocycles. The maximum atomic E-state index is 12.4. The first-order valence-electron chi connectivity index (χ1n) is 9.05. The van der Waals surface area contributed by atoms with Gasteiger partial charge in [0.2, 0.25) is 0 Å². The van der Waals surface area contributed by atoms with Gasteiger partial charge in [0.05, 0.1) is 0 Å². The molecule has 0 aliphatic carbocycles. The van der Waals surface area contributed by atoms with Gasteiger partial charge in [0.1, 0.15) is 5.60 Å². The lowest BCUT2D eigenvalue weighted by molar-refractivity contribution is 0.00791. The Bertz CT molecular complexity index is 344. The van der Waals surface area contributed by atoms with E-state index in [-0.39, 0.29) is 6.09 Å². The number of carbonyl (C=O) groups excluding carboxylic acids is 1. The number of piperidine rings is 1. The predicted octanol–water partition coefficient (Wildman–Crippen LogP) is 4.29. The standard InChI is InChI=1S/C18H36N2O2S/c1-15(19-11-7-9-13-23-5)14-16-10-6-8-12-20(16)17(21)22-18(2,3)4/h15-16,19H,6-14H2,1-5H3. The van der Waals surface area contributed by atoms with Crippen molar-refractivity contribution in [1.82, 2.24) is 10.2 Å². The fourth-order valence-corrected chi connectivity index (χ4v) is 3.51. The molecule has 1 N–H and O–H groups in total. The quantitative estimate of drug-likeness (QED) is 0.667. The van der Waals surface area contributed by atoms with E-state index in [1.165, 1.54) is 25.0 Å². The molecule has 0 aromatic rings. The molecule has 0 saturated carbocycles. The van der Waals surface area contributed by atoms with Crippen molar-refractivity contribution in [3.05, 3.63) is 0 Å². The molecule has 0 aromatic carbocycles. The average molecular weight is 345 g/mol. The Hall–Kier alpha value is -0.420. The molecule has 1 aliphatic rings. The van der Waals surface area contributed by atoms with Crippen LogP contribution in [0.25, 0.3) is 0 Å². The molecule has 136 valence electrons. The minimum absolute atomic E-state index is 0.144. The van der Waals surface area contributed by atoms with E-state index in [0.717, 1.165) is 32.4 Å². The second-order valence-electron chi connectivity index (χ2n) is 7.61. The molecule has 1 amide bonds. The topological polar surface area (TPSA) is 41.6 Å². The number of amides is 1. The van der Waals surface area contributed by atoms with Crippen LogP contribution in [-0.2, 0) is 4.74 Å². The number of hydrogen-bond donors (Lipinski definition) is 1. The second-order valence-corrected chi connectivity index (χ2v) is 8.60. The van der Waals surface area contributed by atoms with Crippen LogP contribution < -0.4 is 5.32 Å². The highest BCUT2D eigenvalue weighted by Gasteiger charge is 2.31. The summed E-state index contributed by atoms with van der Waals surface area (Å²) >= 11 is 1.91. The normalized spacial score (nSPS) is 20.4. The maximum absolute atomic E-state index is 12.4. The van der Waals surface area contributed by atoms with Gasteiger partial charge in [-0.1, -0.05) is 0 Å².